The maximum absolute atomic E-state index is 6.04. The van der Waals surface area contributed by atoms with E-state index in [1.54, 1.807) is 26.7 Å². The fraction of sp³-hybridized carbons (Fsp3) is 0.273. The summed E-state index contributed by atoms with van der Waals surface area (Å²) in [7, 11) is 3.36. The molecule has 0 aliphatic carbocycles. The summed E-state index contributed by atoms with van der Waals surface area (Å²) in [5.41, 5.74) is 4.45. The Bertz CT molecular complexity index is 905. The third-order valence-corrected chi connectivity index (χ3v) is 4.79. The first-order valence-corrected chi connectivity index (χ1v) is 8.98. The van der Waals surface area contributed by atoms with E-state index in [4.69, 9.17) is 18.6 Å². The number of fused-ring (bicyclic) bond motifs is 1. The molecule has 0 saturated heterocycles. The van der Waals surface area contributed by atoms with Gasteiger partial charge in [-0.25, -0.2) is 0 Å². The van der Waals surface area contributed by atoms with Crippen molar-refractivity contribution in [3.8, 4) is 28.4 Å². The van der Waals surface area contributed by atoms with Gasteiger partial charge in [-0.1, -0.05) is 12.1 Å². The summed E-state index contributed by atoms with van der Waals surface area (Å²) < 4.78 is 22.2. The fourth-order valence-corrected chi connectivity index (χ4v) is 3.43. The number of furan rings is 1. The van der Waals surface area contributed by atoms with Gasteiger partial charge >= 0.3 is 0 Å². The molecule has 0 unspecified atom stereocenters. The highest BCUT2D eigenvalue weighted by atomic mass is 16.5. The van der Waals surface area contributed by atoms with Gasteiger partial charge in [0.05, 0.1) is 26.7 Å². The van der Waals surface area contributed by atoms with E-state index in [1.165, 1.54) is 0 Å². The Balaban J connectivity index is 1.69. The molecule has 3 aromatic rings. The zero-order valence-corrected chi connectivity index (χ0v) is 15.6. The van der Waals surface area contributed by atoms with Crippen LogP contribution >= 0.6 is 0 Å². The smallest absolute Gasteiger partial charge is 0.165 e. The van der Waals surface area contributed by atoms with Crippen LogP contribution in [-0.2, 0) is 13.1 Å². The minimum absolute atomic E-state index is 0.625. The van der Waals surface area contributed by atoms with Gasteiger partial charge in [0, 0.05) is 30.8 Å². The van der Waals surface area contributed by atoms with E-state index in [1.807, 2.05) is 30.3 Å². The van der Waals surface area contributed by atoms with E-state index in [-0.39, 0.29) is 0 Å². The highest BCUT2D eigenvalue weighted by Gasteiger charge is 2.21. The van der Waals surface area contributed by atoms with Gasteiger partial charge in [-0.3, -0.25) is 4.90 Å². The first-order chi connectivity index (χ1) is 13.3. The van der Waals surface area contributed by atoms with Crippen LogP contribution in [-0.4, -0.2) is 32.3 Å². The Morgan fingerprint density at radius 3 is 2.74 bits per heavy atom. The van der Waals surface area contributed by atoms with Crippen LogP contribution in [0.1, 0.15) is 11.1 Å². The van der Waals surface area contributed by atoms with Crippen LogP contribution in [0.3, 0.4) is 0 Å². The first-order valence-electron chi connectivity index (χ1n) is 8.98. The van der Waals surface area contributed by atoms with E-state index in [9.17, 15) is 0 Å². The molecule has 140 valence electrons. The van der Waals surface area contributed by atoms with E-state index in [2.05, 4.69) is 17.0 Å². The summed E-state index contributed by atoms with van der Waals surface area (Å²) in [5, 5.41) is 0. The molecule has 4 rings (SSSR count). The molecule has 2 aromatic carbocycles. The highest BCUT2D eigenvalue weighted by Crippen LogP contribution is 2.39. The zero-order valence-electron chi connectivity index (χ0n) is 15.6. The van der Waals surface area contributed by atoms with Gasteiger partial charge in [0.1, 0.15) is 12.4 Å². The maximum atomic E-state index is 6.04. The van der Waals surface area contributed by atoms with Crippen molar-refractivity contribution >= 4 is 0 Å². The molecule has 0 fully saturated rings. The number of methoxy groups -OCH3 is 2. The molecule has 5 heteroatoms. The zero-order chi connectivity index (χ0) is 18.6. The van der Waals surface area contributed by atoms with Gasteiger partial charge in [0.2, 0.25) is 0 Å². The van der Waals surface area contributed by atoms with Gasteiger partial charge in [0.15, 0.2) is 11.5 Å². The van der Waals surface area contributed by atoms with Crippen molar-refractivity contribution in [2.24, 2.45) is 0 Å². The molecule has 27 heavy (non-hydrogen) atoms. The minimum Gasteiger partial charge on any atom is -0.497 e. The largest absolute Gasteiger partial charge is 0.497 e. The molecule has 0 N–H and O–H groups in total. The van der Waals surface area contributed by atoms with Crippen LogP contribution in [0.15, 0.2) is 59.4 Å². The number of ether oxygens (including phenoxy) is 3. The van der Waals surface area contributed by atoms with Gasteiger partial charge in [-0.2, -0.15) is 0 Å². The van der Waals surface area contributed by atoms with Gasteiger partial charge in [-0.15, -0.1) is 0 Å². The second-order valence-electron chi connectivity index (χ2n) is 6.59. The van der Waals surface area contributed by atoms with Crippen molar-refractivity contribution in [1.29, 1.82) is 0 Å². The third kappa shape index (κ3) is 3.78. The summed E-state index contributed by atoms with van der Waals surface area (Å²) in [6, 6.07) is 14.2. The summed E-state index contributed by atoms with van der Waals surface area (Å²) >= 11 is 0. The lowest BCUT2D eigenvalue weighted by Crippen LogP contribution is -2.25. The Labute approximate surface area is 159 Å². The normalized spacial score (nSPS) is 14.1. The van der Waals surface area contributed by atoms with Crippen LogP contribution in [0.2, 0.25) is 0 Å². The summed E-state index contributed by atoms with van der Waals surface area (Å²) in [6.45, 7) is 3.08. The molecule has 1 aliphatic heterocycles. The molecule has 5 nitrogen and oxygen atoms in total. The van der Waals surface area contributed by atoms with Crippen LogP contribution in [0.25, 0.3) is 11.1 Å². The fourth-order valence-electron chi connectivity index (χ4n) is 3.43. The Kier molecular flexibility index (Phi) is 5.03. The lowest BCUT2D eigenvalue weighted by Gasteiger charge is -2.19. The molecule has 0 bridgehead atoms. The van der Waals surface area contributed by atoms with Crippen molar-refractivity contribution in [1.82, 2.24) is 4.90 Å². The van der Waals surface area contributed by atoms with Crippen molar-refractivity contribution in [2.75, 3.05) is 27.4 Å². The Morgan fingerprint density at radius 1 is 1.04 bits per heavy atom. The van der Waals surface area contributed by atoms with Crippen LogP contribution in [0.5, 0.6) is 17.2 Å². The van der Waals surface area contributed by atoms with Crippen LogP contribution in [0.4, 0.5) is 0 Å². The second-order valence-corrected chi connectivity index (χ2v) is 6.59. The second kappa shape index (κ2) is 7.76. The molecular weight excluding hydrogens is 342 g/mol. The minimum atomic E-state index is 0.625. The average Bonchev–Trinajstić information content (AvgIpc) is 3.12. The van der Waals surface area contributed by atoms with E-state index in [0.717, 1.165) is 59.1 Å². The van der Waals surface area contributed by atoms with Gasteiger partial charge in [-0.05, 0) is 41.5 Å². The van der Waals surface area contributed by atoms with Crippen molar-refractivity contribution in [3.63, 3.8) is 0 Å². The van der Waals surface area contributed by atoms with E-state index in [0.29, 0.717) is 6.61 Å². The molecule has 0 atom stereocenters. The predicted molar refractivity (Wildman–Crippen MR) is 103 cm³/mol. The monoisotopic (exact) mass is 365 g/mol. The average molecular weight is 365 g/mol. The first kappa shape index (κ1) is 17.5. The van der Waals surface area contributed by atoms with Gasteiger partial charge in [0.25, 0.3) is 0 Å². The van der Waals surface area contributed by atoms with Crippen molar-refractivity contribution in [3.05, 3.63) is 66.1 Å². The number of benzene rings is 2. The Morgan fingerprint density at radius 2 is 1.96 bits per heavy atom. The molecule has 1 aromatic heterocycles. The highest BCUT2D eigenvalue weighted by molar-refractivity contribution is 5.70. The number of hydrogen-bond donors (Lipinski definition) is 0. The number of nitrogens with zero attached hydrogens (tertiary/aromatic N) is 1. The number of rotatable bonds is 5. The number of hydrogen-bond acceptors (Lipinski definition) is 5. The maximum Gasteiger partial charge on any atom is 0.165 e. The third-order valence-electron chi connectivity index (χ3n) is 4.79. The van der Waals surface area contributed by atoms with Crippen LogP contribution in [0, 0.1) is 0 Å². The lowest BCUT2D eigenvalue weighted by atomic mass is 10.0. The predicted octanol–water partition coefficient (Wildman–Crippen LogP) is 4.36. The van der Waals surface area contributed by atoms with E-state index < -0.39 is 0 Å². The molecule has 0 radical (unpaired) electrons. The quantitative estimate of drug-likeness (QED) is 0.672. The summed E-state index contributed by atoms with van der Waals surface area (Å²) in [4.78, 5) is 2.35. The van der Waals surface area contributed by atoms with Crippen LogP contribution < -0.4 is 14.2 Å². The van der Waals surface area contributed by atoms with Crippen molar-refractivity contribution in [2.45, 2.75) is 13.1 Å². The van der Waals surface area contributed by atoms with E-state index >= 15 is 0 Å². The molecule has 0 saturated carbocycles. The Hall–Kier alpha value is -2.92. The molecular formula is C22H23NO4. The molecule has 0 amide bonds. The molecule has 2 heterocycles. The lowest BCUT2D eigenvalue weighted by molar-refractivity contribution is 0.216. The molecule has 1 aliphatic rings. The molecule has 0 spiro atoms. The topological polar surface area (TPSA) is 44.1 Å². The SMILES string of the molecule is COc1cccc(-c2cc3c(c(OC)c2)OCCN(Cc2ccoc2)C3)c1. The summed E-state index contributed by atoms with van der Waals surface area (Å²) in [6.07, 6.45) is 3.50. The van der Waals surface area contributed by atoms with Gasteiger partial charge < -0.3 is 18.6 Å². The van der Waals surface area contributed by atoms with Crippen molar-refractivity contribution < 1.29 is 18.6 Å². The summed E-state index contributed by atoms with van der Waals surface area (Å²) in [5.74, 6) is 2.42. The standard InChI is InChI=1S/C22H23NO4/c1-24-20-5-3-4-17(11-20)18-10-19-14-23(13-16-6-8-26-15-16)7-9-27-22(19)21(12-18)25-2/h3-6,8,10-12,15H,7,9,13-14H2,1-2H3.